The summed E-state index contributed by atoms with van der Waals surface area (Å²) in [6, 6.07) is 8.14. The zero-order valence-electron chi connectivity index (χ0n) is 13.9. The van der Waals surface area contributed by atoms with Gasteiger partial charge >= 0.3 is 0 Å². The van der Waals surface area contributed by atoms with Gasteiger partial charge < -0.3 is 10.1 Å². The van der Waals surface area contributed by atoms with E-state index in [1.165, 1.54) is 6.42 Å². The zero-order valence-corrected chi connectivity index (χ0v) is 14.6. The molecule has 1 N–H and O–H groups in total. The number of hydrogen-bond donors (Lipinski definition) is 1. The van der Waals surface area contributed by atoms with Gasteiger partial charge in [0.15, 0.2) is 0 Å². The average Bonchev–Trinajstić information content (AvgIpc) is 2.53. The Morgan fingerprint density at radius 1 is 1.17 bits per heavy atom. The highest BCUT2D eigenvalue weighted by molar-refractivity contribution is 6.24. The number of nitrogens with one attached hydrogen (secondary N) is 1. The fourth-order valence-corrected chi connectivity index (χ4v) is 6.91. The van der Waals surface area contributed by atoms with E-state index in [0.717, 1.165) is 49.8 Å². The summed E-state index contributed by atoms with van der Waals surface area (Å²) in [6.07, 6.45) is 7.29. The molecule has 1 amide bonds. The molecule has 0 saturated heterocycles. The van der Waals surface area contributed by atoms with Gasteiger partial charge in [0.05, 0.1) is 18.1 Å². The Kier molecular flexibility index (Phi) is 3.23. The predicted octanol–water partition coefficient (Wildman–Crippen LogP) is 4.20. The highest BCUT2D eigenvalue weighted by Crippen LogP contribution is 2.64. The summed E-state index contributed by atoms with van der Waals surface area (Å²) in [7, 11) is 0. The van der Waals surface area contributed by atoms with Crippen molar-refractivity contribution < 1.29 is 9.53 Å². The lowest BCUT2D eigenvalue weighted by Crippen LogP contribution is -2.58. The Morgan fingerprint density at radius 3 is 2.67 bits per heavy atom. The maximum Gasteiger partial charge on any atom is 0.226 e. The van der Waals surface area contributed by atoms with Gasteiger partial charge in [-0.15, -0.1) is 11.6 Å². The smallest absolute Gasteiger partial charge is 0.226 e. The minimum atomic E-state index is -0.223. The lowest BCUT2D eigenvalue weighted by atomic mass is 9.49. The number of amides is 1. The molecule has 3 unspecified atom stereocenters. The van der Waals surface area contributed by atoms with Crippen LogP contribution in [0.4, 0.5) is 0 Å². The van der Waals surface area contributed by atoms with Crippen molar-refractivity contribution in [2.45, 2.75) is 55.9 Å². The second kappa shape index (κ2) is 5.14. The fraction of sp³-hybridized carbons (Fsp3) is 0.650. The quantitative estimate of drug-likeness (QED) is 0.815. The lowest BCUT2D eigenvalue weighted by molar-refractivity contribution is -0.145. The third kappa shape index (κ3) is 2.28. The molecule has 1 aliphatic heterocycles. The molecule has 0 radical (unpaired) electrons. The van der Waals surface area contributed by atoms with Crippen LogP contribution in [0.25, 0.3) is 0 Å². The molecule has 4 heteroatoms. The Labute approximate surface area is 148 Å². The number of para-hydroxylation sites is 1. The largest absolute Gasteiger partial charge is 0.493 e. The van der Waals surface area contributed by atoms with Gasteiger partial charge in [-0.2, -0.15) is 0 Å². The third-order valence-corrected chi connectivity index (χ3v) is 7.18. The number of fused-ring (bicyclic) bond motifs is 1. The SMILES string of the molecule is O=C(NC1CCOc2ccccc21)C12CC3CC(CC(Cl)(C3)C1)C2. The van der Waals surface area contributed by atoms with E-state index in [2.05, 4.69) is 11.4 Å². The maximum absolute atomic E-state index is 13.3. The van der Waals surface area contributed by atoms with E-state index in [0.29, 0.717) is 18.4 Å². The number of carbonyl (C=O) groups is 1. The van der Waals surface area contributed by atoms with Crippen LogP contribution in [-0.4, -0.2) is 17.4 Å². The van der Waals surface area contributed by atoms with Crippen LogP contribution in [0.5, 0.6) is 5.75 Å². The first-order chi connectivity index (χ1) is 11.6. The van der Waals surface area contributed by atoms with Crippen molar-refractivity contribution in [2.75, 3.05) is 6.61 Å². The van der Waals surface area contributed by atoms with E-state index >= 15 is 0 Å². The molecular weight excluding hydrogens is 322 g/mol. The minimum absolute atomic E-state index is 0.0710. The van der Waals surface area contributed by atoms with E-state index in [1.807, 2.05) is 18.2 Å². The van der Waals surface area contributed by atoms with Crippen molar-refractivity contribution in [3.05, 3.63) is 29.8 Å². The molecule has 1 heterocycles. The summed E-state index contributed by atoms with van der Waals surface area (Å²) in [6.45, 7) is 0.666. The van der Waals surface area contributed by atoms with Gasteiger partial charge in [-0.25, -0.2) is 0 Å². The zero-order chi connectivity index (χ0) is 16.4. The molecule has 1 aromatic carbocycles. The van der Waals surface area contributed by atoms with Crippen LogP contribution < -0.4 is 10.1 Å². The Bertz CT molecular complexity index is 674. The van der Waals surface area contributed by atoms with E-state index in [9.17, 15) is 4.79 Å². The third-order valence-electron chi connectivity index (χ3n) is 6.74. The number of halogens is 1. The Balaban J connectivity index is 1.40. The van der Waals surface area contributed by atoms with Gasteiger partial charge in [-0.1, -0.05) is 18.2 Å². The molecule has 0 spiro atoms. The van der Waals surface area contributed by atoms with Crippen molar-refractivity contribution in [1.82, 2.24) is 5.32 Å². The summed E-state index contributed by atoms with van der Waals surface area (Å²) < 4.78 is 5.73. The second-order valence-corrected chi connectivity index (χ2v) is 9.40. The molecule has 4 bridgehead atoms. The maximum atomic E-state index is 13.3. The minimum Gasteiger partial charge on any atom is -0.493 e. The summed E-state index contributed by atoms with van der Waals surface area (Å²) in [5.74, 6) is 2.45. The van der Waals surface area contributed by atoms with Crippen LogP contribution in [0, 0.1) is 17.3 Å². The van der Waals surface area contributed by atoms with Crippen molar-refractivity contribution in [1.29, 1.82) is 0 Å². The molecule has 0 aromatic heterocycles. The van der Waals surface area contributed by atoms with E-state index < -0.39 is 0 Å². The van der Waals surface area contributed by atoms with Crippen molar-refractivity contribution in [3.63, 3.8) is 0 Å². The van der Waals surface area contributed by atoms with Crippen LogP contribution in [0.15, 0.2) is 24.3 Å². The van der Waals surface area contributed by atoms with E-state index in [1.54, 1.807) is 0 Å². The molecule has 24 heavy (non-hydrogen) atoms. The summed E-state index contributed by atoms with van der Waals surface area (Å²) >= 11 is 6.89. The number of benzene rings is 1. The number of hydrogen-bond acceptors (Lipinski definition) is 2. The Hall–Kier alpha value is -1.22. The van der Waals surface area contributed by atoms with Crippen LogP contribution in [0.2, 0.25) is 0 Å². The second-order valence-electron chi connectivity index (χ2n) is 8.59. The molecular formula is C20H24ClNO2. The van der Waals surface area contributed by atoms with E-state index in [4.69, 9.17) is 16.3 Å². The molecule has 128 valence electrons. The highest BCUT2D eigenvalue weighted by atomic mass is 35.5. The lowest BCUT2D eigenvalue weighted by Gasteiger charge is -2.59. The molecule has 4 saturated carbocycles. The first kappa shape index (κ1) is 15.1. The highest BCUT2D eigenvalue weighted by Gasteiger charge is 2.60. The predicted molar refractivity (Wildman–Crippen MR) is 93.1 cm³/mol. The topological polar surface area (TPSA) is 38.3 Å². The number of ether oxygens (including phenoxy) is 1. The van der Waals surface area contributed by atoms with Gasteiger partial charge in [0.25, 0.3) is 0 Å². The van der Waals surface area contributed by atoms with Gasteiger partial charge in [-0.3, -0.25) is 4.79 Å². The molecule has 4 aliphatic carbocycles. The first-order valence-corrected chi connectivity index (χ1v) is 9.65. The molecule has 4 fully saturated rings. The summed E-state index contributed by atoms with van der Waals surface area (Å²) in [5.41, 5.74) is 0.890. The van der Waals surface area contributed by atoms with Crippen molar-refractivity contribution in [3.8, 4) is 5.75 Å². The molecule has 1 aromatic rings. The van der Waals surface area contributed by atoms with Gasteiger partial charge in [0, 0.05) is 16.9 Å². The number of alkyl halides is 1. The van der Waals surface area contributed by atoms with Crippen molar-refractivity contribution >= 4 is 17.5 Å². The van der Waals surface area contributed by atoms with Gasteiger partial charge in [-0.05, 0) is 56.4 Å². The van der Waals surface area contributed by atoms with Gasteiger partial charge in [0.1, 0.15) is 5.75 Å². The molecule has 3 nitrogen and oxygen atoms in total. The Morgan fingerprint density at radius 2 is 1.92 bits per heavy atom. The van der Waals surface area contributed by atoms with E-state index in [-0.39, 0.29) is 22.2 Å². The summed E-state index contributed by atoms with van der Waals surface area (Å²) in [5, 5.41) is 3.37. The standard InChI is InChI=1S/C20H24ClNO2/c21-20-10-13-7-14(11-20)9-19(8-13,12-20)18(23)22-16-5-6-24-17-4-2-1-3-15(16)17/h1-4,13-14,16H,5-12H2,(H,22,23). The van der Waals surface area contributed by atoms with Crippen LogP contribution >= 0.6 is 11.6 Å². The van der Waals surface area contributed by atoms with Crippen LogP contribution in [0.1, 0.15) is 56.6 Å². The molecule has 3 atom stereocenters. The monoisotopic (exact) mass is 345 g/mol. The van der Waals surface area contributed by atoms with Gasteiger partial charge in [0.2, 0.25) is 5.91 Å². The summed E-state index contributed by atoms with van der Waals surface area (Å²) in [4.78, 5) is 13.2. The normalized spacial score (nSPS) is 42.3. The fourth-order valence-electron chi connectivity index (χ4n) is 6.22. The number of carbonyl (C=O) groups excluding carboxylic acids is 1. The molecule has 5 aliphatic rings. The number of rotatable bonds is 2. The first-order valence-electron chi connectivity index (χ1n) is 9.27. The van der Waals surface area contributed by atoms with Crippen LogP contribution in [-0.2, 0) is 4.79 Å². The average molecular weight is 346 g/mol. The van der Waals surface area contributed by atoms with Crippen molar-refractivity contribution in [2.24, 2.45) is 17.3 Å². The van der Waals surface area contributed by atoms with Crippen LogP contribution in [0.3, 0.4) is 0 Å². The molecule has 6 rings (SSSR count).